The fourth-order valence-corrected chi connectivity index (χ4v) is 5.19. The first-order chi connectivity index (χ1) is 19.5. The lowest BCUT2D eigenvalue weighted by Crippen LogP contribution is -2.44. The minimum absolute atomic E-state index is 0.180. The van der Waals surface area contributed by atoms with Crippen molar-refractivity contribution in [1.82, 2.24) is 4.40 Å². The van der Waals surface area contributed by atoms with Crippen molar-refractivity contribution < 1.29 is 23.9 Å². The number of benzene rings is 2. The number of hydrogen-bond donors (Lipinski definition) is 0. The fourth-order valence-electron chi connectivity index (χ4n) is 5.07. The maximum atomic E-state index is 14.0. The third kappa shape index (κ3) is 6.61. The van der Waals surface area contributed by atoms with E-state index in [0.717, 1.165) is 16.6 Å². The van der Waals surface area contributed by atoms with Crippen molar-refractivity contribution in [2.24, 2.45) is 10.8 Å². The SMILES string of the molecule is CCC(C)(Cc1cc2cc(C(=O)C(C)(C)C(OCc3ccccc3)C(=O)c3ccc(Cl)cc3)ccn2c1)C(=O)OC. The van der Waals surface area contributed by atoms with Crippen LogP contribution in [-0.4, -0.2) is 35.2 Å². The van der Waals surface area contributed by atoms with Crippen LogP contribution in [0.25, 0.3) is 5.52 Å². The summed E-state index contributed by atoms with van der Waals surface area (Å²) in [5.41, 5.74) is 1.73. The van der Waals surface area contributed by atoms with Gasteiger partial charge < -0.3 is 13.9 Å². The average molecular weight is 574 g/mol. The van der Waals surface area contributed by atoms with Crippen LogP contribution in [0.15, 0.2) is 85.2 Å². The molecule has 2 aromatic carbocycles. The second kappa shape index (κ2) is 12.4. The summed E-state index contributed by atoms with van der Waals surface area (Å²) in [7, 11) is 1.40. The average Bonchev–Trinajstić information content (AvgIpc) is 3.38. The van der Waals surface area contributed by atoms with Gasteiger partial charge in [-0.15, -0.1) is 0 Å². The zero-order chi connectivity index (χ0) is 29.8. The van der Waals surface area contributed by atoms with Crippen LogP contribution in [0.2, 0.25) is 5.02 Å². The van der Waals surface area contributed by atoms with E-state index in [1.165, 1.54) is 7.11 Å². The van der Waals surface area contributed by atoms with Crippen molar-refractivity contribution in [3.05, 3.63) is 112 Å². The Morgan fingerprint density at radius 3 is 2.22 bits per heavy atom. The lowest BCUT2D eigenvalue weighted by molar-refractivity contribution is -0.151. The van der Waals surface area contributed by atoms with Crippen molar-refractivity contribution in [3.8, 4) is 0 Å². The van der Waals surface area contributed by atoms with Gasteiger partial charge >= 0.3 is 5.97 Å². The molecule has 0 aliphatic heterocycles. The largest absolute Gasteiger partial charge is 0.469 e. The zero-order valence-corrected chi connectivity index (χ0v) is 24.9. The molecule has 0 fully saturated rings. The number of hydrogen-bond acceptors (Lipinski definition) is 5. The first kappa shape index (κ1) is 30.2. The number of carbonyl (C=O) groups excluding carboxylic acids is 3. The zero-order valence-electron chi connectivity index (χ0n) is 24.1. The maximum Gasteiger partial charge on any atom is 0.311 e. The lowest BCUT2D eigenvalue weighted by Gasteiger charge is -2.32. The Hall–Kier alpha value is -3.74. The van der Waals surface area contributed by atoms with E-state index in [-0.39, 0.29) is 24.1 Å². The van der Waals surface area contributed by atoms with Gasteiger partial charge in [0.2, 0.25) is 0 Å². The number of Topliss-reactive ketones (excluding diaryl/α,β-unsaturated/α-hetero) is 2. The second-order valence-electron chi connectivity index (χ2n) is 11.3. The van der Waals surface area contributed by atoms with Gasteiger partial charge in [0.25, 0.3) is 0 Å². The van der Waals surface area contributed by atoms with E-state index in [0.29, 0.717) is 29.0 Å². The Morgan fingerprint density at radius 1 is 0.902 bits per heavy atom. The smallest absolute Gasteiger partial charge is 0.311 e. The van der Waals surface area contributed by atoms with Crippen molar-refractivity contribution in [2.75, 3.05) is 7.11 Å². The van der Waals surface area contributed by atoms with Crippen molar-refractivity contribution in [2.45, 2.75) is 53.2 Å². The van der Waals surface area contributed by atoms with Crippen LogP contribution in [0, 0.1) is 10.8 Å². The molecule has 7 heteroatoms. The van der Waals surface area contributed by atoms with E-state index in [1.54, 1.807) is 44.2 Å². The normalized spacial score (nSPS) is 13.9. The number of ketones is 2. The lowest BCUT2D eigenvalue weighted by atomic mass is 9.76. The highest BCUT2D eigenvalue weighted by molar-refractivity contribution is 6.30. The Balaban J connectivity index is 1.64. The summed E-state index contributed by atoms with van der Waals surface area (Å²) < 4.78 is 13.2. The molecular formula is C34H36ClNO5. The number of nitrogens with zero attached hydrogens (tertiary/aromatic N) is 1. The molecule has 4 rings (SSSR count). The maximum absolute atomic E-state index is 14.0. The molecule has 41 heavy (non-hydrogen) atoms. The van der Waals surface area contributed by atoms with Gasteiger partial charge in [-0.3, -0.25) is 14.4 Å². The Kier molecular flexibility index (Phi) is 9.15. The molecule has 214 valence electrons. The highest BCUT2D eigenvalue weighted by Crippen LogP contribution is 2.33. The van der Waals surface area contributed by atoms with Gasteiger partial charge in [0.15, 0.2) is 11.6 Å². The van der Waals surface area contributed by atoms with Crippen LogP contribution in [0.4, 0.5) is 0 Å². The first-order valence-electron chi connectivity index (χ1n) is 13.7. The minimum atomic E-state index is -1.19. The number of fused-ring (bicyclic) bond motifs is 1. The van der Waals surface area contributed by atoms with Gasteiger partial charge in [-0.25, -0.2) is 0 Å². The summed E-state index contributed by atoms with van der Waals surface area (Å²) in [6.45, 7) is 7.53. The summed E-state index contributed by atoms with van der Waals surface area (Å²) in [4.78, 5) is 40.2. The second-order valence-corrected chi connectivity index (χ2v) is 11.7. The van der Waals surface area contributed by atoms with Crippen molar-refractivity contribution in [1.29, 1.82) is 0 Å². The number of rotatable bonds is 12. The van der Waals surface area contributed by atoms with E-state index < -0.39 is 16.9 Å². The summed E-state index contributed by atoms with van der Waals surface area (Å²) in [5, 5.41) is 0.518. The quantitative estimate of drug-likeness (QED) is 0.130. The van der Waals surface area contributed by atoms with E-state index in [9.17, 15) is 14.4 Å². The van der Waals surface area contributed by atoms with E-state index >= 15 is 0 Å². The molecule has 2 atom stereocenters. The van der Waals surface area contributed by atoms with Crippen molar-refractivity contribution in [3.63, 3.8) is 0 Å². The molecule has 0 amide bonds. The summed E-state index contributed by atoms with van der Waals surface area (Å²) in [6, 6.07) is 21.7. The third-order valence-corrected chi connectivity index (χ3v) is 8.09. The minimum Gasteiger partial charge on any atom is -0.469 e. The van der Waals surface area contributed by atoms with E-state index in [1.807, 2.05) is 73.1 Å². The summed E-state index contributed by atoms with van der Waals surface area (Å²) in [6.07, 6.45) is 3.89. The fraction of sp³-hybridized carbons (Fsp3) is 0.324. The molecule has 0 saturated heterocycles. The number of ether oxygens (including phenoxy) is 2. The highest BCUT2D eigenvalue weighted by Gasteiger charge is 2.43. The molecule has 2 aromatic heterocycles. The molecule has 4 aromatic rings. The number of pyridine rings is 1. The van der Waals surface area contributed by atoms with Gasteiger partial charge in [-0.2, -0.15) is 0 Å². The molecule has 6 nitrogen and oxygen atoms in total. The number of halogens is 1. The number of esters is 1. The molecule has 2 unspecified atom stereocenters. The van der Waals surface area contributed by atoms with Gasteiger partial charge in [-0.05, 0) is 87.2 Å². The molecule has 0 radical (unpaired) electrons. The molecule has 2 heterocycles. The van der Waals surface area contributed by atoms with Gasteiger partial charge in [0, 0.05) is 34.1 Å². The third-order valence-electron chi connectivity index (χ3n) is 7.84. The van der Waals surface area contributed by atoms with Crippen LogP contribution in [0.3, 0.4) is 0 Å². The molecule has 0 spiro atoms. The molecule has 0 aliphatic rings. The standard InChI is InChI=1S/C34H36ClNO5/c1-6-34(4,32(39)40-5)20-24-18-28-19-26(16-17-36(28)21-24)30(38)33(2,3)31(41-22-23-10-8-7-9-11-23)29(37)25-12-14-27(35)15-13-25/h7-19,21,31H,6,20,22H2,1-5H3. The van der Waals surface area contributed by atoms with Crippen molar-refractivity contribution >= 4 is 34.7 Å². The monoisotopic (exact) mass is 573 g/mol. The first-order valence-corrected chi connectivity index (χ1v) is 14.1. The topological polar surface area (TPSA) is 74.1 Å². The van der Waals surface area contributed by atoms with Crippen LogP contribution in [0.5, 0.6) is 0 Å². The van der Waals surface area contributed by atoms with Crippen LogP contribution in [-0.2, 0) is 27.3 Å². The van der Waals surface area contributed by atoms with Gasteiger partial charge in [-0.1, -0.05) is 48.9 Å². The molecule has 0 N–H and O–H groups in total. The Bertz CT molecular complexity index is 1540. The number of carbonyl (C=O) groups is 3. The highest BCUT2D eigenvalue weighted by atomic mass is 35.5. The van der Waals surface area contributed by atoms with E-state index in [2.05, 4.69) is 0 Å². The Labute approximate surface area is 246 Å². The van der Waals surface area contributed by atoms with E-state index in [4.69, 9.17) is 21.1 Å². The summed E-state index contributed by atoms with van der Waals surface area (Å²) >= 11 is 6.05. The van der Waals surface area contributed by atoms with Gasteiger partial charge in [0.1, 0.15) is 6.10 Å². The Morgan fingerprint density at radius 2 is 1.59 bits per heavy atom. The molecule has 0 bridgehead atoms. The number of aromatic nitrogens is 1. The van der Waals surface area contributed by atoms with Gasteiger partial charge in [0.05, 0.1) is 24.5 Å². The number of methoxy groups -OCH3 is 1. The molecule has 0 aliphatic carbocycles. The van der Waals surface area contributed by atoms with Crippen LogP contribution >= 0.6 is 11.6 Å². The predicted molar refractivity (Wildman–Crippen MR) is 160 cm³/mol. The molecule has 0 saturated carbocycles. The van der Waals surface area contributed by atoms with Crippen LogP contribution < -0.4 is 0 Å². The summed E-state index contributed by atoms with van der Waals surface area (Å²) in [5.74, 6) is -0.750. The predicted octanol–water partition coefficient (Wildman–Crippen LogP) is 7.40. The van der Waals surface area contributed by atoms with Crippen LogP contribution in [0.1, 0.15) is 66.0 Å². The molecular weight excluding hydrogens is 538 g/mol.